The Hall–Kier alpha value is -1.62. The van der Waals surface area contributed by atoms with Crippen molar-refractivity contribution in [2.24, 2.45) is 12.8 Å². The second-order valence-electron chi connectivity index (χ2n) is 3.23. The highest BCUT2D eigenvalue weighted by atomic mass is 16.1. The van der Waals surface area contributed by atoms with Crippen molar-refractivity contribution in [3.8, 4) is 0 Å². The highest BCUT2D eigenvalue weighted by Gasteiger charge is 2.04. The lowest BCUT2D eigenvalue weighted by Gasteiger charge is -1.98. The van der Waals surface area contributed by atoms with Crippen molar-refractivity contribution in [3.05, 3.63) is 28.2 Å². The molecule has 0 spiro atoms. The molecule has 0 saturated carbocycles. The van der Waals surface area contributed by atoms with Crippen LogP contribution in [0.4, 0.5) is 0 Å². The van der Waals surface area contributed by atoms with Gasteiger partial charge in [-0.1, -0.05) is 0 Å². The minimum atomic E-state index is -0.0773. The van der Waals surface area contributed by atoms with Gasteiger partial charge in [-0.2, -0.15) is 5.10 Å². The zero-order valence-corrected chi connectivity index (χ0v) is 7.95. The predicted octanol–water partition coefficient (Wildman–Crippen LogP) is -0.237. The van der Waals surface area contributed by atoms with Gasteiger partial charge in [0.15, 0.2) is 0 Å². The number of nitrogens with zero attached hydrogens (tertiary/aromatic N) is 2. The van der Waals surface area contributed by atoms with Crippen molar-refractivity contribution in [1.29, 1.82) is 0 Å². The van der Waals surface area contributed by atoms with Crippen LogP contribution in [0.5, 0.6) is 0 Å². The van der Waals surface area contributed by atoms with Gasteiger partial charge >= 0.3 is 0 Å². The summed E-state index contributed by atoms with van der Waals surface area (Å²) in [6, 6.07) is 1.84. The van der Waals surface area contributed by atoms with Gasteiger partial charge in [-0.3, -0.25) is 9.48 Å². The lowest BCUT2D eigenvalue weighted by molar-refractivity contribution is 0.783. The monoisotopic (exact) mass is 192 g/mol. The minimum Gasteiger partial charge on any atom is -0.330 e. The maximum Gasteiger partial charge on any atom is 0.252 e. The van der Waals surface area contributed by atoms with Crippen molar-refractivity contribution >= 4 is 11.0 Å². The fourth-order valence-electron chi connectivity index (χ4n) is 1.50. The zero-order valence-electron chi connectivity index (χ0n) is 7.95. The van der Waals surface area contributed by atoms with Gasteiger partial charge in [0.2, 0.25) is 0 Å². The summed E-state index contributed by atoms with van der Waals surface area (Å²) in [4.78, 5) is 14.3. The minimum absolute atomic E-state index is 0.0773. The van der Waals surface area contributed by atoms with E-state index < -0.39 is 0 Å². The molecule has 0 amide bonds. The van der Waals surface area contributed by atoms with Crippen molar-refractivity contribution in [1.82, 2.24) is 14.8 Å². The van der Waals surface area contributed by atoms with Crippen LogP contribution >= 0.6 is 0 Å². The average Bonchev–Trinajstić information content (AvgIpc) is 2.50. The molecule has 0 saturated heterocycles. The molecule has 2 rings (SSSR count). The van der Waals surface area contributed by atoms with Crippen LogP contribution in [0.15, 0.2) is 17.1 Å². The highest BCUT2D eigenvalue weighted by molar-refractivity contribution is 5.74. The van der Waals surface area contributed by atoms with Gasteiger partial charge in [0.05, 0.1) is 6.20 Å². The molecule has 0 bridgehead atoms. The number of nitrogens with one attached hydrogen (secondary N) is 1. The summed E-state index contributed by atoms with van der Waals surface area (Å²) in [5.74, 6) is 0. The van der Waals surface area contributed by atoms with E-state index in [9.17, 15) is 4.79 Å². The summed E-state index contributed by atoms with van der Waals surface area (Å²) in [5, 5.41) is 4.99. The molecule has 0 aromatic carbocycles. The number of fused-ring (bicyclic) bond motifs is 1. The van der Waals surface area contributed by atoms with E-state index in [1.807, 2.05) is 6.07 Å². The number of nitrogens with two attached hydrogens (primary N) is 1. The number of aromatic amines is 1. The van der Waals surface area contributed by atoms with Gasteiger partial charge in [-0.25, -0.2) is 0 Å². The van der Waals surface area contributed by atoms with E-state index in [1.165, 1.54) is 0 Å². The van der Waals surface area contributed by atoms with Crippen LogP contribution in [-0.4, -0.2) is 21.3 Å². The number of aryl methyl sites for hydroxylation is 1. The Balaban J connectivity index is 2.66. The van der Waals surface area contributed by atoms with E-state index in [4.69, 9.17) is 5.73 Å². The average molecular weight is 192 g/mol. The first-order valence-electron chi connectivity index (χ1n) is 4.46. The van der Waals surface area contributed by atoms with Gasteiger partial charge in [0, 0.05) is 18.0 Å². The summed E-state index contributed by atoms with van der Waals surface area (Å²) in [7, 11) is 1.79. The normalized spacial score (nSPS) is 11.0. The number of hydrogen-bond donors (Lipinski definition) is 2. The molecule has 0 unspecified atom stereocenters. The van der Waals surface area contributed by atoms with Gasteiger partial charge in [-0.15, -0.1) is 0 Å². The second kappa shape index (κ2) is 3.26. The first-order valence-corrected chi connectivity index (χ1v) is 4.46. The number of hydrogen-bond acceptors (Lipinski definition) is 3. The molecular weight excluding hydrogens is 180 g/mol. The summed E-state index contributed by atoms with van der Waals surface area (Å²) in [5.41, 5.74) is 6.79. The molecule has 0 aliphatic rings. The summed E-state index contributed by atoms with van der Waals surface area (Å²) in [6.07, 6.45) is 2.32. The summed E-state index contributed by atoms with van der Waals surface area (Å²) < 4.78 is 1.64. The summed E-state index contributed by atoms with van der Waals surface area (Å²) >= 11 is 0. The Bertz CT molecular complexity index is 511. The third-order valence-electron chi connectivity index (χ3n) is 2.23. The molecule has 0 aliphatic heterocycles. The van der Waals surface area contributed by atoms with Gasteiger partial charge < -0.3 is 10.7 Å². The molecule has 5 heteroatoms. The third-order valence-corrected chi connectivity index (χ3v) is 2.23. The SMILES string of the molecule is Cn1ncc2cc(CCN)c(=O)[nH]c21. The van der Waals surface area contributed by atoms with Gasteiger partial charge in [0.1, 0.15) is 5.65 Å². The summed E-state index contributed by atoms with van der Waals surface area (Å²) in [6.45, 7) is 0.481. The molecule has 5 nitrogen and oxygen atoms in total. The topological polar surface area (TPSA) is 76.7 Å². The first kappa shape index (κ1) is 8.96. The van der Waals surface area contributed by atoms with Crippen molar-refractivity contribution in [3.63, 3.8) is 0 Å². The van der Waals surface area contributed by atoms with E-state index >= 15 is 0 Å². The molecule has 0 atom stereocenters. The van der Waals surface area contributed by atoms with Crippen LogP contribution < -0.4 is 11.3 Å². The van der Waals surface area contributed by atoms with Crippen LogP contribution in [0.3, 0.4) is 0 Å². The quantitative estimate of drug-likeness (QED) is 0.689. The third kappa shape index (κ3) is 1.31. The Morgan fingerprint density at radius 2 is 2.43 bits per heavy atom. The molecule has 0 radical (unpaired) electrons. The lowest BCUT2D eigenvalue weighted by atomic mass is 10.2. The molecule has 14 heavy (non-hydrogen) atoms. The fraction of sp³-hybridized carbons (Fsp3) is 0.333. The van der Waals surface area contributed by atoms with Crippen LogP contribution in [0.1, 0.15) is 5.56 Å². The van der Waals surface area contributed by atoms with Gasteiger partial charge in [-0.05, 0) is 19.0 Å². The number of H-pyrrole nitrogens is 1. The molecular formula is C9H12N4O. The number of aromatic nitrogens is 3. The molecule has 2 heterocycles. The standard InChI is InChI=1S/C9H12N4O/c1-13-8-7(5-11-13)4-6(2-3-10)9(14)12-8/h4-5H,2-3,10H2,1H3,(H,12,14). The van der Waals surface area contributed by atoms with E-state index in [0.29, 0.717) is 18.5 Å². The Morgan fingerprint density at radius 1 is 1.64 bits per heavy atom. The van der Waals surface area contributed by atoms with E-state index in [-0.39, 0.29) is 5.56 Å². The zero-order chi connectivity index (χ0) is 10.1. The molecule has 0 fully saturated rings. The second-order valence-corrected chi connectivity index (χ2v) is 3.23. The highest BCUT2D eigenvalue weighted by Crippen LogP contribution is 2.08. The van der Waals surface area contributed by atoms with Crippen LogP contribution in [-0.2, 0) is 13.5 Å². The Morgan fingerprint density at radius 3 is 3.14 bits per heavy atom. The molecule has 0 aliphatic carbocycles. The van der Waals surface area contributed by atoms with Crippen molar-refractivity contribution < 1.29 is 0 Å². The van der Waals surface area contributed by atoms with Crippen molar-refractivity contribution in [2.45, 2.75) is 6.42 Å². The number of rotatable bonds is 2. The molecule has 74 valence electrons. The molecule has 2 aromatic rings. The van der Waals surface area contributed by atoms with E-state index in [2.05, 4.69) is 10.1 Å². The van der Waals surface area contributed by atoms with Crippen LogP contribution in [0.2, 0.25) is 0 Å². The Kier molecular flexibility index (Phi) is 2.09. The van der Waals surface area contributed by atoms with Crippen LogP contribution in [0.25, 0.3) is 11.0 Å². The molecule has 3 N–H and O–H groups in total. The maximum absolute atomic E-state index is 11.5. The van der Waals surface area contributed by atoms with E-state index in [1.54, 1.807) is 17.9 Å². The first-order chi connectivity index (χ1) is 6.72. The maximum atomic E-state index is 11.5. The predicted molar refractivity (Wildman–Crippen MR) is 54.1 cm³/mol. The van der Waals surface area contributed by atoms with Crippen molar-refractivity contribution in [2.75, 3.05) is 6.54 Å². The smallest absolute Gasteiger partial charge is 0.252 e. The van der Waals surface area contributed by atoms with Gasteiger partial charge in [0.25, 0.3) is 5.56 Å². The Labute approximate surface area is 80.5 Å². The lowest BCUT2D eigenvalue weighted by Crippen LogP contribution is -2.16. The van der Waals surface area contributed by atoms with E-state index in [0.717, 1.165) is 11.0 Å². The number of pyridine rings is 1. The largest absolute Gasteiger partial charge is 0.330 e. The van der Waals surface area contributed by atoms with Crippen LogP contribution in [0, 0.1) is 0 Å². The fourth-order valence-corrected chi connectivity index (χ4v) is 1.50. The molecule has 2 aromatic heterocycles.